The lowest BCUT2D eigenvalue weighted by Crippen LogP contribution is -2.17. The summed E-state index contributed by atoms with van der Waals surface area (Å²) in [5.41, 5.74) is 6.35. The molecule has 1 heterocycles. The fraction of sp³-hybridized carbons (Fsp3) is 0.556. The Morgan fingerprint density at radius 2 is 2.43 bits per heavy atom. The first-order chi connectivity index (χ1) is 6.54. The van der Waals surface area contributed by atoms with Gasteiger partial charge in [0.15, 0.2) is 0 Å². The first-order valence-electron chi connectivity index (χ1n) is 4.54. The third-order valence-corrected chi connectivity index (χ3v) is 2.68. The summed E-state index contributed by atoms with van der Waals surface area (Å²) >= 11 is 10.8. The van der Waals surface area contributed by atoms with E-state index >= 15 is 0 Å². The molecule has 0 aromatic carbocycles. The van der Waals surface area contributed by atoms with Gasteiger partial charge < -0.3 is 5.73 Å². The van der Waals surface area contributed by atoms with Gasteiger partial charge in [0.1, 0.15) is 0 Å². The van der Waals surface area contributed by atoms with E-state index in [2.05, 4.69) is 12.0 Å². The van der Waals surface area contributed by atoms with Crippen LogP contribution in [0.15, 0.2) is 6.20 Å². The fourth-order valence-electron chi connectivity index (χ4n) is 1.30. The molecular weight excluding hydrogens is 218 g/mol. The molecule has 0 aliphatic carbocycles. The molecule has 5 heteroatoms. The van der Waals surface area contributed by atoms with Gasteiger partial charge in [0, 0.05) is 12.6 Å². The van der Waals surface area contributed by atoms with Crippen molar-refractivity contribution in [2.24, 2.45) is 5.73 Å². The second-order valence-corrected chi connectivity index (χ2v) is 4.21. The zero-order valence-electron chi connectivity index (χ0n) is 8.33. The van der Waals surface area contributed by atoms with Crippen molar-refractivity contribution in [3.05, 3.63) is 16.9 Å². The molecule has 0 spiro atoms. The van der Waals surface area contributed by atoms with Crippen LogP contribution in [0.5, 0.6) is 0 Å². The summed E-state index contributed by atoms with van der Waals surface area (Å²) in [7, 11) is 0. The van der Waals surface area contributed by atoms with E-state index in [9.17, 15) is 0 Å². The van der Waals surface area contributed by atoms with Crippen LogP contribution in [0.4, 0.5) is 0 Å². The number of nitrogens with zero attached hydrogens (tertiary/aromatic N) is 2. The standard InChI is InChI=1S/C9H14ClN3S/c1-3-7(4-9(11)14)13-5-8(10)6(2)12-13/h5,7H,3-4H2,1-2H3,(H2,11,14). The van der Waals surface area contributed by atoms with Gasteiger partial charge in [-0.1, -0.05) is 30.7 Å². The number of nitrogens with two attached hydrogens (primary N) is 1. The van der Waals surface area contributed by atoms with Crippen molar-refractivity contribution in [3.8, 4) is 0 Å². The van der Waals surface area contributed by atoms with Crippen molar-refractivity contribution in [1.82, 2.24) is 9.78 Å². The maximum absolute atomic E-state index is 5.92. The highest BCUT2D eigenvalue weighted by atomic mass is 35.5. The predicted molar refractivity (Wildman–Crippen MR) is 62.7 cm³/mol. The smallest absolute Gasteiger partial charge is 0.0815 e. The maximum Gasteiger partial charge on any atom is 0.0815 e. The van der Waals surface area contributed by atoms with Crippen LogP contribution in [0.25, 0.3) is 0 Å². The second-order valence-electron chi connectivity index (χ2n) is 3.27. The Labute approximate surface area is 94.2 Å². The summed E-state index contributed by atoms with van der Waals surface area (Å²) in [6.45, 7) is 3.96. The number of rotatable bonds is 4. The lowest BCUT2D eigenvalue weighted by Gasteiger charge is -2.14. The van der Waals surface area contributed by atoms with Crippen LogP contribution in [0.3, 0.4) is 0 Å². The van der Waals surface area contributed by atoms with Gasteiger partial charge in [-0.25, -0.2) is 0 Å². The minimum atomic E-state index is 0.221. The van der Waals surface area contributed by atoms with E-state index in [0.29, 0.717) is 16.4 Å². The molecule has 0 aliphatic heterocycles. The minimum Gasteiger partial charge on any atom is -0.393 e. The monoisotopic (exact) mass is 231 g/mol. The molecular formula is C9H14ClN3S. The van der Waals surface area contributed by atoms with E-state index in [1.807, 2.05) is 17.8 Å². The second kappa shape index (κ2) is 4.75. The van der Waals surface area contributed by atoms with Crippen LogP contribution in [0.1, 0.15) is 31.5 Å². The van der Waals surface area contributed by atoms with E-state index in [1.54, 1.807) is 0 Å². The molecule has 1 rings (SSSR count). The number of aromatic nitrogens is 2. The quantitative estimate of drug-likeness (QED) is 0.810. The summed E-state index contributed by atoms with van der Waals surface area (Å²) in [6, 6.07) is 0.221. The molecule has 0 saturated heterocycles. The van der Waals surface area contributed by atoms with Gasteiger partial charge in [0.05, 0.1) is 21.7 Å². The minimum absolute atomic E-state index is 0.221. The van der Waals surface area contributed by atoms with E-state index in [0.717, 1.165) is 12.1 Å². The van der Waals surface area contributed by atoms with E-state index < -0.39 is 0 Å². The van der Waals surface area contributed by atoms with Gasteiger partial charge in [-0.3, -0.25) is 4.68 Å². The molecule has 14 heavy (non-hydrogen) atoms. The van der Waals surface area contributed by atoms with Crippen molar-refractivity contribution < 1.29 is 0 Å². The normalized spacial score (nSPS) is 12.8. The predicted octanol–water partition coefficient (Wildman–Crippen LogP) is 2.47. The lowest BCUT2D eigenvalue weighted by atomic mass is 10.1. The number of hydrogen-bond acceptors (Lipinski definition) is 2. The molecule has 0 amide bonds. The number of thiocarbonyl (C=S) groups is 1. The van der Waals surface area contributed by atoms with Gasteiger partial charge in [0.25, 0.3) is 0 Å². The lowest BCUT2D eigenvalue weighted by molar-refractivity contribution is 0.453. The number of aryl methyl sites for hydroxylation is 1. The Morgan fingerprint density at radius 3 is 2.79 bits per heavy atom. The Balaban J connectivity index is 2.83. The summed E-state index contributed by atoms with van der Waals surface area (Å²) in [5.74, 6) is 0. The Hall–Kier alpha value is -0.610. The van der Waals surface area contributed by atoms with Crippen molar-refractivity contribution in [1.29, 1.82) is 0 Å². The fourth-order valence-corrected chi connectivity index (χ4v) is 1.63. The molecule has 1 aromatic rings. The summed E-state index contributed by atoms with van der Waals surface area (Å²) in [5, 5.41) is 4.99. The van der Waals surface area contributed by atoms with Gasteiger partial charge in [-0.05, 0) is 13.3 Å². The molecule has 1 aromatic heterocycles. The van der Waals surface area contributed by atoms with Gasteiger partial charge in [-0.2, -0.15) is 5.10 Å². The van der Waals surface area contributed by atoms with Gasteiger partial charge in [0.2, 0.25) is 0 Å². The third-order valence-electron chi connectivity index (χ3n) is 2.14. The van der Waals surface area contributed by atoms with Crippen LogP contribution >= 0.6 is 23.8 Å². The molecule has 0 saturated carbocycles. The highest BCUT2D eigenvalue weighted by Gasteiger charge is 2.12. The molecule has 0 aliphatic rings. The topological polar surface area (TPSA) is 43.8 Å². The van der Waals surface area contributed by atoms with Crippen LogP contribution in [0.2, 0.25) is 5.02 Å². The maximum atomic E-state index is 5.92. The molecule has 0 fully saturated rings. The molecule has 78 valence electrons. The first-order valence-corrected chi connectivity index (χ1v) is 5.32. The Kier molecular flexibility index (Phi) is 3.89. The molecule has 3 nitrogen and oxygen atoms in total. The Morgan fingerprint density at radius 1 is 1.79 bits per heavy atom. The molecule has 0 radical (unpaired) electrons. The van der Waals surface area contributed by atoms with Gasteiger partial charge >= 0.3 is 0 Å². The van der Waals surface area contributed by atoms with E-state index in [-0.39, 0.29) is 6.04 Å². The highest BCUT2D eigenvalue weighted by molar-refractivity contribution is 7.80. The van der Waals surface area contributed by atoms with Crippen LogP contribution in [-0.2, 0) is 0 Å². The first kappa shape index (κ1) is 11.5. The van der Waals surface area contributed by atoms with Crippen LogP contribution in [0, 0.1) is 6.92 Å². The van der Waals surface area contributed by atoms with Crippen molar-refractivity contribution in [3.63, 3.8) is 0 Å². The van der Waals surface area contributed by atoms with Crippen LogP contribution < -0.4 is 5.73 Å². The summed E-state index contributed by atoms with van der Waals surface area (Å²) < 4.78 is 1.84. The SMILES string of the molecule is CCC(CC(N)=S)n1cc(Cl)c(C)n1. The summed E-state index contributed by atoms with van der Waals surface area (Å²) in [4.78, 5) is 0.515. The van der Waals surface area contributed by atoms with Gasteiger partial charge in [-0.15, -0.1) is 0 Å². The zero-order valence-corrected chi connectivity index (χ0v) is 9.90. The molecule has 2 N–H and O–H groups in total. The number of halogens is 1. The van der Waals surface area contributed by atoms with E-state index in [4.69, 9.17) is 29.6 Å². The zero-order chi connectivity index (χ0) is 10.7. The largest absolute Gasteiger partial charge is 0.393 e. The average Bonchev–Trinajstić information content (AvgIpc) is 2.42. The third kappa shape index (κ3) is 2.69. The molecule has 0 bridgehead atoms. The van der Waals surface area contributed by atoms with Crippen LogP contribution in [-0.4, -0.2) is 14.8 Å². The average molecular weight is 232 g/mol. The summed E-state index contributed by atoms with van der Waals surface area (Å²) in [6.07, 6.45) is 3.43. The van der Waals surface area contributed by atoms with Crippen molar-refractivity contribution in [2.45, 2.75) is 32.7 Å². The van der Waals surface area contributed by atoms with Crippen molar-refractivity contribution in [2.75, 3.05) is 0 Å². The molecule has 1 unspecified atom stereocenters. The Bertz CT molecular complexity index is 315. The van der Waals surface area contributed by atoms with E-state index in [1.165, 1.54) is 0 Å². The molecule has 1 atom stereocenters. The number of hydrogen-bond donors (Lipinski definition) is 1. The van der Waals surface area contributed by atoms with Crippen molar-refractivity contribution >= 4 is 28.8 Å². The highest BCUT2D eigenvalue weighted by Crippen LogP contribution is 2.20.